The van der Waals surface area contributed by atoms with Crippen LogP contribution in [0.25, 0.3) is 22.5 Å². The molecule has 4 nitrogen and oxygen atoms in total. The summed E-state index contributed by atoms with van der Waals surface area (Å²) in [5.41, 5.74) is 8.57. The Labute approximate surface area is 294 Å². The molecule has 234 valence electrons. The molecule has 0 atom stereocenters. The zero-order valence-electron chi connectivity index (χ0n) is 26.8. The summed E-state index contributed by atoms with van der Waals surface area (Å²) < 4.78 is 4.32. The van der Waals surface area contributed by atoms with E-state index in [-0.39, 0.29) is 21.1 Å². The van der Waals surface area contributed by atoms with Crippen molar-refractivity contribution in [1.29, 1.82) is 0 Å². The molecule has 0 bridgehead atoms. The van der Waals surface area contributed by atoms with Crippen LogP contribution in [0.5, 0.6) is 0 Å². The molecule has 0 spiro atoms. The number of nitrogens with zero attached hydrogens (tertiary/aromatic N) is 4. The summed E-state index contributed by atoms with van der Waals surface area (Å²) in [5, 5.41) is 0. The zero-order valence-corrected chi connectivity index (χ0v) is 29.1. The van der Waals surface area contributed by atoms with Crippen LogP contribution in [-0.4, -0.2) is 9.97 Å². The quantitative estimate of drug-likeness (QED) is 0.0727. The van der Waals surface area contributed by atoms with E-state index in [1.54, 1.807) is 0 Å². The van der Waals surface area contributed by atoms with Gasteiger partial charge in [-0.1, -0.05) is 36.4 Å². The van der Waals surface area contributed by atoms with E-state index in [2.05, 4.69) is 105 Å². The molecule has 0 amide bonds. The van der Waals surface area contributed by atoms with Gasteiger partial charge in [-0.25, -0.2) is 9.13 Å². The third-order valence-electron chi connectivity index (χ3n) is 7.17. The third kappa shape index (κ3) is 12.6. The van der Waals surface area contributed by atoms with Crippen molar-refractivity contribution < 1.29 is 30.2 Å². The Morgan fingerprint density at radius 2 is 1.13 bits per heavy atom. The van der Waals surface area contributed by atoms with E-state index >= 15 is 0 Å². The molecule has 5 heteroatoms. The average molecular weight is 794 g/mol. The van der Waals surface area contributed by atoms with E-state index in [1.165, 1.54) is 22.3 Å². The number of rotatable bonds is 7. The van der Waals surface area contributed by atoms with Crippen molar-refractivity contribution in [3.05, 3.63) is 181 Å². The minimum absolute atomic E-state index is 0. The van der Waals surface area contributed by atoms with Crippen molar-refractivity contribution in [3.63, 3.8) is 0 Å². The molecule has 6 rings (SSSR count). The largest absolute Gasteiger partial charge is 2.00 e. The zero-order chi connectivity index (χ0) is 32.4. The van der Waals surface area contributed by atoms with Crippen LogP contribution in [0.3, 0.4) is 0 Å². The second-order valence-electron chi connectivity index (χ2n) is 10.8. The fraction of sp³-hybridized carbons (Fsp3) is 0.143. The van der Waals surface area contributed by atoms with Crippen molar-refractivity contribution in [2.75, 3.05) is 0 Å². The van der Waals surface area contributed by atoms with Gasteiger partial charge in [0.05, 0.1) is 11.4 Å². The van der Waals surface area contributed by atoms with Crippen LogP contribution < -0.4 is 9.13 Å². The molecule has 4 aromatic heterocycles. The van der Waals surface area contributed by atoms with Gasteiger partial charge < -0.3 is 12.8 Å². The van der Waals surface area contributed by atoms with Crippen molar-refractivity contribution in [2.45, 2.75) is 32.7 Å². The van der Waals surface area contributed by atoms with Gasteiger partial charge in [0.1, 0.15) is 13.6 Å². The number of aromatic nitrogens is 4. The third-order valence-corrected chi connectivity index (χ3v) is 7.17. The van der Waals surface area contributed by atoms with Gasteiger partial charge in [0.15, 0.2) is 24.8 Å². The van der Waals surface area contributed by atoms with Gasteiger partial charge in [-0.05, 0) is 66.3 Å². The molecule has 0 aliphatic carbocycles. The number of hydrogen-bond acceptors (Lipinski definition) is 2. The van der Waals surface area contributed by atoms with E-state index in [0.29, 0.717) is 0 Å². The van der Waals surface area contributed by atoms with E-state index in [1.807, 2.05) is 86.2 Å². The summed E-state index contributed by atoms with van der Waals surface area (Å²) >= 11 is 0. The summed E-state index contributed by atoms with van der Waals surface area (Å²) in [4.78, 5) is 8.95. The van der Waals surface area contributed by atoms with Crippen molar-refractivity contribution >= 4 is 0 Å². The molecule has 47 heavy (non-hydrogen) atoms. The van der Waals surface area contributed by atoms with E-state index in [0.717, 1.165) is 48.3 Å². The minimum atomic E-state index is 0. The van der Waals surface area contributed by atoms with Crippen LogP contribution in [-0.2, 0) is 41.1 Å². The molecule has 0 unspecified atom stereocenters. The monoisotopic (exact) mass is 793 g/mol. The Morgan fingerprint density at radius 1 is 0.617 bits per heavy atom. The van der Waals surface area contributed by atoms with Crippen molar-refractivity contribution in [3.8, 4) is 34.4 Å². The molecule has 2 aromatic carbocycles. The summed E-state index contributed by atoms with van der Waals surface area (Å²) in [6.45, 7) is 3.11. The molecule has 0 saturated carbocycles. The fourth-order valence-electron chi connectivity index (χ4n) is 4.60. The fourth-order valence-corrected chi connectivity index (χ4v) is 4.60. The maximum absolute atomic E-state index is 6.69. The molecule has 0 aliphatic rings. The first-order valence-electron chi connectivity index (χ1n) is 15.3. The van der Waals surface area contributed by atoms with Crippen molar-refractivity contribution in [2.24, 2.45) is 7.05 Å². The number of benzene rings is 2. The van der Waals surface area contributed by atoms with Crippen LogP contribution in [0, 0.1) is 31.6 Å². The standard InChI is InChI=1S/C26H28N4.2C8H5.Pt/c1-21-6-12-27-25(19-21)26-20-22(7-13-28-26)5-3-4-14-30-17-10-24(11-18-30)23-8-15-29(2)16-9-23;2*1-2-8-6-4-3-5-7-8;/h6-13,15-20H,3-5,14H2,1-2H3;2*3-7H;/q+2;2*-1;+2. The summed E-state index contributed by atoms with van der Waals surface area (Å²) in [7, 11) is 2.04. The number of unbranched alkanes of at least 4 members (excludes halogenated alkanes) is 1. The first-order chi connectivity index (χ1) is 22.5. The topological polar surface area (TPSA) is 33.5 Å². The van der Waals surface area contributed by atoms with Crippen LogP contribution in [0.4, 0.5) is 0 Å². The van der Waals surface area contributed by atoms with Crippen LogP contribution in [0.1, 0.15) is 35.1 Å². The minimum Gasteiger partial charge on any atom is -0.366 e. The van der Waals surface area contributed by atoms with Gasteiger partial charge in [0.25, 0.3) is 0 Å². The number of pyridine rings is 4. The Morgan fingerprint density at radius 3 is 1.64 bits per heavy atom. The normalized spacial score (nSPS) is 9.62. The maximum atomic E-state index is 6.69. The molecule has 6 aromatic rings. The maximum Gasteiger partial charge on any atom is 2.00 e. The Kier molecular flexibility index (Phi) is 15.5. The molecule has 4 heterocycles. The number of hydrogen-bond donors (Lipinski definition) is 0. The van der Waals surface area contributed by atoms with Crippen LogP contribution in [0.15, 0.2) is 146 Å². The van der Waals surface area contributed by atoms with Crippen LogP contribution >= 0.6 is 0 Å². The molecule has 0 aliphatic heterocycles. The van der Waals surface area contributed by atoms with Crippen molar-refractivity contribution in [1.82, 2.24) is 9.97 Å². The van der Waals surface area contributed by atoms with Gasteiger partial charge in [-0.3, -0.25) is 21.8 Å². The van der Waals surface area contributed by atoms with Gasteiger partial charge in [-0.15, -0.1) is 35.4 Å². The number of aryl methyl sites for hydroxylation is 4. The molecular weight excluding hydrogens is 756 g/mol. The predicted octanol–water partition coefficient (Wildman–Crippen LogP) is 7.50. The average Bonchev–Trinajstić information content (AvgIpc) is 3.12. The Bertz CT molecular complexity index is 1810. The first-order valence-corrected chi connectivity index (χ1v) is 15.3. The molecule has 0 fully saturated rings. The summed E-state index contributed by atoms with van der Waals surface area (Å²) in [6, 6.07) is 35.8. The van der Waals surface area contributed by atoms with Crippen LogP contribution in [0.2, 0.25) is 0 Å². The van der Waals surface area contributed by atoms with Gasteiger partial charge in [0, 0.05) is 43.1 Å². The summed E-state index contributed by atoms with van der Waals surface area (Å²) in [5.74, 6) is 4.55. The summed E-state index contributed by atoms with van der Waals surface area (Å²) in [6.07, 6.45) is 29.0. The second kappa shape index (κ2) is 20.1. The Hall–Kier alpha value is -5.15. The molecular formula is C42H38N4Pt+2. The van der Waals surface area contributed by atoms with E-state index in [4.69, 9.17) is 12.8 Å². The molecule has 0 N–H and O–H groups in total. The van der Waals surface area contributed by atoms with E-state index < -0.39 is 0 Å². The smallest absolute Gasteiger partial charge is 0.366 e. The molecule has 0 radical (unpaired) electrons. The van der Waals surface area contributed by atoms with Gasteiger partial charge in [-0.2, -0.15) is 0 Å². The van der Waals surface area contributed by atoms with Gasteiger partial charge >= 0.3 is 21.1 Å². The second-order valence-corrected chi connectivity index (χ2v) is 10.8. The molecule has 0 saturated heterocycles. The Balaban J connectivity index is 0.000000288. The first kappa shape index (κ1) is 36.3. The van der Waals surface area contributed by atoms with E-state index in [9.17, 15) is 0 Å². The SMILES string of the molecule is Cc1ccnc(-c2cc(CCCC[n+]3ccc(-c4cc[n+](C)cc4)cc3)ccn2)c1.[C-]#Cc1ccccc1.[C-]#Cc1ccccc1.[Pt+2]. The predicted molar refractivity (Wildman–Crippen MR) is 184 cm³/mol. The van der Waals surface area contributed by atoms with Gasteiger partial charge in [0.2, 0.25) is 0 Å².